The summed E-state index contributed by atoms with van der Waals surface area (Å²) >= 11 is 0. The van der Waals surface area contributed by atoms with Crippen LogP contribution < -0.4 is 10.5 Å². The molecule has 0 bridgehead atoms. The molecule has 1 aliphatic rings. The molecule has 1 aromatic rings. The third-order valence-corrected chi connectivity index (χ3v) is 3.10. The number of anilines is 1. The van der Waals surface area contributed by atoms with Gasteiger partial charge in [0, 0.05) is 19.5 Å². The van der Waals surface area contributed by atoms with E-state index in [0.717, 1.165) is 5.56 Å². The van der Waals surface area contributed by atoms with E-state index >= 15 is 0 Å². The predicted molar refractivity (Wildman–Crippen MR) is 71.5 cm³/mol. The van der Waals surface area contributed by atoms with Gasteiger partial charge in [0.1, 0.15) is 5.75 Å². The number of nitrogens with two attached hydrogens (primary N) is 1. The van der Waals surface area contributed by atoms with Crippen LogP contribution in [0.1, 0.15) is 25.8 Å². The summed E-state index contributed by atoms with van der Waals surface area (Å²) in [7, 11) is 0. The molecular formula is C14H20F2N2O. The Hall–Kier alpha value is -1.36. The molecule has 0 aromatic heterocycles. The fraction of sp³-hybridized carbons (Fsp3) is 0.571. The monoisotopic (exact) mass is 270 g/mol. The first kappa shape index (κ1) is 14.1. The molecule has 0 unspecified atom stereocenters. The van der Waals surface area contributed by atoms with Crippen LogP contribution in [-0.2, 0) is 6.54 Å². The molecular weight excluding hydrogens is 250 g/mol. The Labute approximate surface area is 112 Å². The average molecular weight is 270 g/mol. The van der Waals surface area contributed by atoms with Crippen LogP contribution in [0.2, 0.25) is 0 Å². The summed E-state index contributed by atoms with van der Waals surface area (Å²) in [5, 5.41) is 0. The Kier molecular flexibility index (Phi) is 3.94. The summed E-state index contributed by atoms with van der Waals surface area (Å²) in [6.07, 6.45) is -0.0224. The second-order valence-electron chi connectivity index (χ2n) is 5.36. The molecule has 19 heavy (non-hydrogen) atoms. The zero-order valence-electron chi connectivity index (χ0n) is 11.3. The minimum atomic E-state index is -2.55. The van der Waals surface area contributed by atoms with Crippen LogP contribution in [0.15, 0.2) is 18.2 Å². The highest BCUT2D eigenvalue weighted by molar-refractivity contribution is 5.54. The molecule has 0 amide bonds. The lowest BCUT2D eigenvalue weighted by atomic mass is 10.2. The summed E-state index contributed by atoms with van der Waals surface area (Å²) in [6, 6.07) is 5.46. The first-order valence-corrected chi connectivity index (χ1v) is 6.51. The van der Waals surface area contributed by atoms with E-state index in [-0.39, 0.29) is 19.1 Å². The van der Waals surface area contributed by atoms with Crippen LogP contribution in [0.25, 0.3) is 0 Å². The second kappa shape index (κ2) is 5.33. The molecule has 1 aliphatic heterocycles. The molecule has 1 fully saturated rings. The van der Waals surface area contributed by atoms with Gasteiger partial charge in [0.2, 0.25) is 0 Å². The SMILES string of the molecule is CC(C)Oc1cc(CN2CCC(F)(F)C2)ccc1N. The van der Waals surface area contributed by atoms with Gasteiger partial charge in [-0.1, -0.05) is 6.07 Å². The molecule has 1 saturated heterocycles. The van der Waals surface area contributed by atoms with Gasteiger partial charge in [-0.2, -0.15) is 0 Å². The van der Waals surface area contributed by atoms with Crippen LogP contribution in [0, 0.1) is 0 Å². The van der Waals surface area contributed by atoms with Crippen molar-refractivity contribution in [2.45, 2.75) is 38.8 Å². The number of ether oxygens (including phenoxy) is 1. The molecule has 5 heteroatoms. The topological polar surface area (TPSA) is 38.5 Å². The summed E-state index contributed by atoms with van der Waals surface area (Å²) in [4.78, 5) is 1.75. The lowest BCUT2D eigenvalue weighted by Crippen LogP contribution is -2.24. The number of nitrogens with zero attached hydrogens (tertiary/aromatic N) is 1. The van der Waals surface area contributed by atoms with Crippen molar-refractivity contribution in [1.82, 2.24) is 4.90 Å². The average Bonchev–Trinajstić information content (AvgIpc) is 2.62. The number of benzene rings is 1. The Bertz CT molecular complexity index is 449. The summed E-state index contributed by atoms with van der Waals surface area (Å²) in [5.74, 6) is -1.93. The van der Waals surface area contributed by atoms with Crippen LogP contribution in [0.4, 0.5) is 14.5 Å². The van der Waals surface area contributed by atoms with E-state index in [2.05, 4.69) is 0 Å². The third kappa shape index (κ3) is 3.80. The van der Waals surface area contributed by atoms with Crippen LogP contribution in [0.3, 0.4) is 0 Å². The lowest BCUT2D eigenvalue weighted by Gasteiger charge is -2.17. The highest BCUT2D eigenvalue weighted by Gasteiger charge is 2.37. The van der Waals surface area contributed by atoms with Gasteiger partial charge in [-0.15, -0.1) is 0 Å². The first-order valence-electron chi connectivity index (χ1n) is 6.51. The van der Waals surface area contributed by atoms with Gasteiger partial charge in [-0.25, -0.2) is 8.78 Å². The van der Waals surface area contributed by atoms with Gasteiger partial charge in [-0.05, 0) is 31.5 Å². The fourth-order valence-corrected chi connectivity index (χ4v) is 2.23. The Morgan fingerprint density at radius 2 is 2.16 bits per heavy atom. The van der Waals surface area contributed by atoms with Crippen molar-refractivity contribution < 1.29 is 13.5 Å². The van der Waals surface area contributed by atoms with Crippen LogP contribution in [-0.4, -0.2) is 30.0 Å². The number of rotatable bonds is 4. The van der Waals surface area contributed by atoms with Crippen molar-refractivity contribution in [3.8, 4) is 5.75 Å². The summed E-state index contributed by atoms with van der Waals surface area (Å²) < 4.78 is 31.9. The maximum atomic E-state index is 13.1. The van der Waals surface area contributed by atoms with E-state index in [1.54, 1.807) is 11.0 Å². The first-order chi connectivity index (χ1) is 8.85. The van der Waals surface area contributed by atoms with Gasteiger partial charge >= 0.3 is 0 Å². The number of hydrogen-bond donors (Lipinski definition) is 1. The fourth-order valence-electron chi connectivity index (χ4n) is 2.23. The molecule has 0 spiro atoms. The van der Waals surface area contributed by atoms with Crippen LogP contribution in [0.5, 0.6) is 5.75 Å². The lowest BCUT2D eigenvalue weighted by molar-refractivity contribution is 0.0115. The normalized spacial score (nSPS) is 19.0. The largest absolute Gasteiger partial charge is 0.489 e. The number of likely N-dealkylation sites (tertiary alicyclic amines) is 1. The minimum Gasteiger partial charge on any atom is -0.489 e. The van der Waals surface area contributed by atoms with Crippen molar-refractivity contribution in [2.75, 3.05) is 18.8 Å². The van der Waals surface area contributed by atoms with E-state index in [9.17, 15) is 8.78 Å². The van der Waals surface area contributed by atoms with Crippen molar-refractivity contribution in [3.05, 3.63) is 23.8 Å². The van der Waals surface area contributed by atoms with Gasteiger partial charge in [0.15, 0.2) is 0 Å². The third-order valence-electron chi connectivity index (χ3n) is 3.10. The van der Waals surface area contributed by atoms with Gasteiger partial charge < -0.3 is 10.5 Å². The Morgan fingerprint density at radius 3 is 2.74 bits per heavy atom. The highest BCUT2D eigenvalue weighted by Crippen LogP contribution is 2.29. The second-order valence-corrected chi connectivity index (χ2v) is 5.36. The standard InChI is InChI=1S/C14H20F2N2O/c1-10(2)19-13-7-11(3-4-12(13)17)8-18-6-5-14(15,16)9-18/h3-4,7,10H,5-6,8-9,17H2,1-2H3. The van der Waals surface area contributed by atoms with E-state index in [4.69, 9.17) is 10.5 Å². The Morgan fingerprint density at radius 1 is 1.42 bits per heavy atom. The smallest absolute Gasteiger partial charge is 0.261 e. The number of alkyl halides is 2. The zero-order valence-corrected chi connectivity index (χ0v) is 11.3. The maximum Gasteiger partial charge on any atom is 0.261 e. The van der Waals surface area contributed by atoms with Crippen LogP contribution >= 0.6 is 0 Å². The minimum absolute atomic E-state index is 0.0358. The number of halogens is 2. The van der Waals surface area contributed by atoms with Crippen molar-refractivity contribution in [1.29, 1.82) is 0 Å². The summed E-state index contributed by atoms with van der Waals surface area (Å²) in [5.41, 5.74) is 7.35. The van der Waals surface area contributed by atoms with E-state index in [1.165, 1.54) is 0 Å². The quantitative estimate of drug-likeness (QED) is 0.855. The summed E-state index contributed by atoms with van der Waals surface area (Å²) in [6.45, 7) is 4.61. The van der Waals surface area contributed by atoms with Gasteiger partial charge in [-0.3, -0.25) is 4.90 Å². The molecule has 2 rings (SSSR count). The maximum absolute atomic E-state index is 13.1. The van der Waals surface area contributed by atoms with Crippen molar-refractivity contribution >= 4 is 5.69 Å². The molecule has 0 saturated carbocycles. The van der Waals surface area contributed by atoms with Crippen molar-refractivity contribution in [3.63, 3.8) is 0 Å². The van der Waals surface area contributed by atoms with Gasteiger partial charge in [0.05, 0.1) is 18.3 Å². The van der Waals surface area contributed by atoms with E-state index in [1.807, 2.05) is 26.0 Å². The molecule has 0 radical (unpaired) electrons. The molecule has 1 heterocycles. The van der Waals surface area contributed by atoms with Gasteiger partial charge in [0.25, 0.3) is 5.92 Å². The van der Waals surface area contributed by atoms with E-state index < -0.39 is 5.92 Å². The van der Waals surface area contributed by atoms with Crippen molar-refractivity contribution in [2.24, 2.45) is 0 Å². The number of nitrogen functional groups attached to an aromatic ring is 1. The zero-order chi connectivity index (χ0) is 14.0. The molecule has 3 nitrogen and oxygen atoms in total. The number of hydrogen-bond acceptors (Lipinski definition) is 3. The molecule has 1 aromatic carbocycles. The molecule has 2 N–H and O–H groups in total. The highest BCUT2D eigenvalue weighted by atomic mass is 19.3. The van der Waals surface area contributed by atoms with E-state index in [0.29, 0.717) is 24.5 Å². The predicted octanol–water partition coefficient (Wildman–Crippen LogP) is 2.90. The molecule has 0 atom stereocenters. The Balaban J connectivity index is 2.05. The molecule has 0 aliphatic carbocycles. The molecule has 106 valence electrons.